The van der Waals surface area contributed by atoms with Gasteiger partial charge in [0.25, 0.3) is 0 Å². The number of rotatable bonds is 5. The van der Waals surface area contributed by atoms with Crippen LogP contribution in [-0.2, 0) is 6.42 Å². The van der Waals surface area contributed by atoms with Crippen LogP contribution in [0.3, 0.4) is 0 Å². The van der Waals surface area contributed by atoms with Crippen LogP contribution in [0.15, 0.2) is 0 Å². The molecule has 4 heteroatoms. The molecule has 0 aliphatic carbocycles. The molecule has 1 rings (SSSR count). The Morgan fingerprint density at radius 2 is 2.23 bits per heavy atom. The van der Waals surface area contributed by atoms with Crippen LogP contribution in [0.5, 0.6) is 0 Å². The highest BCUT2D eigenvalue weighted by molar-refractivity contribution is 7.11. The quantitative estimate of drug-likeness (QED) is 0.710. The van der Waals surface area contributed by atoms with Gasteiger partial charge < -0.3 is 0 Å². The Bertz CT molecular complexity index is 250. The van der Waals surface area contributed by atoms with Gasteiger partial charge in [-0.3, -0.25) is 0 Å². The van der Waals surface area contributed by atoms with Crippen molar-refractivity contribution in [1.82, 2.24) is 10.2 Å². The van der Waals surface area contributed by atoms with Crippen LogP contribution in [-0.4, -0.2) is 16.1 Å². The van der Waals surface area contributed by atoms with Crippen LogP contribution in [0.25, 0.3) is 0 Å². The summed E-state index contributed by atoms with van der Waals surface area (Å²) in [5, 5.41) is 10.5. The van der Waals surface area contributed by atoms with E-state index in [1.807, 2.05) is 0 Å². The van der Waals surface area contributed by atoms with Gasteiger partial charge in [0.05, 0.1) is 0 Å². The lowest BCUT2D eigenvalue weighted by Gasteiger charge is -2.02. The molecule has 0 amide bonds. The minimum absolute atomic E-state index is 0.548. The lowest BCUT2D eigenvalue weighted by atomic mass is 10.1. The zero-order chi connectivity index (χ0) is 9.68. The second kappa shape index (κ2) is 5.55. The molecule has 0 radical (unpaired) electrons. The Morgan fingerprint density at radius 1 is 1.46 bits per heavy atom. The number of aromatic nitrogens is 2. The van der Waals surface area contributed by atoms with Crippen molar-refractivity contribution >= 4 is 22.9 Å². The van der Waals surface area contributed by atoms with Crippen molar-refractivity contribution in [3.8, 4) is 0 Å². The van der Waals surface area contributed by atoms with Crippen molar-refractivity contribution in [2.45, 2.75) is 39.0 Å². The van der Waals surface area contributed by atoms with Gasteiger partial charge in [-0.1, -0.05) is 20.3 Å². The van der Waals surface area contributed by atoms with Crippen molar-refractivity contribution in [2.75, 3.05) is 5.88 Å². The number of hydrogen-bond donors (Lipinski definition) is 0. The van der Waals surface area contributed by atoms with E-state index in [1.165, 1.54) is 12.8 Å². The molecule has 13 heavy (non-hydrogen) atoms. The van der Waals surface area contributed by atoms with Gasteiger partial charge in [0, 0.05) is 18.2 Å². The molecule has 1 aromatic rings. The Morgan fingerprint density at radius 3 is 2.85 bits per heavy atom. The summed E-state index contributed by atoms with van der Waals surface area (Å²) in [6.45, 7) is 4.39. The second-order valence-electron chi connectivity index (χ2n) is 3.16. The van der Waals surface area contributed by atoms with Crippen molar-refractivity contribution < 1.29 is 0 Å². The molecule has 0 spiro atoms. The van der Waals surface area contributed by atoms with Crippen LogP contribution in [0.1, 0.15) is 42.6 Å². The molecule has 74 valence electrons. The second-order valence-corrected chi connectivity index (χ2v) is 4.63. The van der Waals surface area contributed by atoms with E-state index in [9.17, 15) is 0 Å². The Kier molecular flexibility index (Phi) is 4.67. The van der Waals surface area contributed by atoms with E-state index in [2.05, 4.69) is 24.0 Å². The van der Waals surface area contributed by atoms with Gasteiger partial charge in [-0.15, -0.1) is 33.1 Å². The van der Waals surface area contributed by atoms with Gasteiger partial charge in [0.1, 0.15) is 10.0 Å². The molecule has 0 saturated heterocycles. The van der Waals surface area contributed by atoms with Crippen LogP contribution >= 0.6 is 22.9 Å². The summed E-state index contributed by atoms with van der Waals surface area (Å²) in [5.74, 6) is 1.18. The Labute approximate surface area is 88.3 Å². The molecule has 0 bridgehead atoms. The standard InChI is InChI=1S/C9H15ClN2S/c1-3-4-7(2)9-12-11-8(13-9)5-6-10/h7H,3-6H2,1-2H3. The summed E-state index contributed by atoms with van der Waals surface area (Å²) >= 11 is 7.32. The van der Waals surface area contributed by atoms with Crippen LogP contribution in [0.4, 0.5) is 0 Å². The molecule has 0 saturated carbocycles. The molecular weight excluding hydrogens is 204 g/mol. The minimum Gasteiger partial charge on any atom is -0.144 e. The van der Waals surface area contributed by atoms with E-state index in [4.69, 9.17) is 11.6 Å². The number of nitrogens with zero attached hydrogens (tertiary/aromatic N) is 2. The summed E-state index contributed by atoms with van der Waals surface area (Å²) in [4.78, 5) is 0. The first-order valence-corrected chi connectivity index (χ1v) is 6.01. The third kappa shape index (κ3) is 3.24. The highest BCUT2D eigenvalue weighted by Crippen LogP contribution is 2.23. The first kappa shape index (κ1) is 10.9. The lowest BCUT2D eigenvalue weighted by Crippen LogP contribution is -1.91. The number of hydrogen-bond acceptors (Lipinski definition) is 3. The molecule has 2 nitrogen and oxygen atoms in total. The Hall–Kier alpha value is -0.150. The van der Waals surface area contributed by atoms with Gasteiger partial charge in [0.2, 0.25) is 0 Å². The average Bonchev–Trinajstić information content (AvgIpc) is 2.54. The van der Waals surface area contributed by atoms with Gasteiger partial charge in [-0.25, -0.2) is 0 Å². The number of alkyl halides is 1. The zero-order valence-corrected chi connectivity index (χ0v) is 9.66. The molecule has 1 atom stereocenters. The molecule has 0 fully saturated rings. The van der Waals surface area contributed by atoms with Crippen molar-refractivity contribution in [3.05, 3.63) is 10.0 Å². The molecule has 1 heterocycles. The fraction of sp³-hybridized carbons (Fsp3) is 0.778. The maximum absolute atomic E-state index is 5.62. The summed E-state index contributed by atoms with van der Waals surface area (Å²) in [6, 6.07) is 0. The monoisotopic (exact) mass is 218 g/mol. The lowest BCUT2D eigenvalue weighted by molar-refractivity contribution is 0.653. The van der Waals surface area contributed by atoms with E-state index in [0.717, 1.165) is 16.4 Å². The van der Waals surface area contributed by atoms with E-state index >= 15 is 0 Å². The molecule has 0 aliphatic rings. The summed E-state index contributed by atoms with van der Waals surface area (Å²) in [6.07, 6.45) is 3.24. The molecule has 0 aromatic carbocycles. The molecular formula is C9H15ClN2S. The first-order chi connectivity index (χ1) is 6.27. The summed E-state index contributed by atoms with van der Waals surface area (Å²) < 4.78 is 0. The van der Waals surface area contributed by atoms with Gasteiger partial charge >= 0.3 is 0 Å². The number of aryl methyl sites for hydroxylation is 1. The van der Waals surface area contributed by atoms with E-state index in [1.54, 1.807) is 11.3 Å². The fourth-order valence-electron chi connectivity index (χ4n) is 1.20. The molecule has 0 aliphatic heterocycles. The number of halogens is 1. The SMILES string of the molecule is CCCC(C)c1nnc(CCCl)s1. The minimum atomic E-state index is 0.548. The van der Waals surface area contributed by atoms with Crippen LogP contribution in [0.2, 0.25) is 0 Å². The smallest absolute Gasteiger partial charge is 0.120 e. The first-order valence-electron chi connectivity index (χ1n) is 4.66. The largest absolute Gasteiger partial charge is 0.144 e. The third-order valence-corrected chi connectivity index (χ3v) is 3.34. The maximum Gasteiger partial charge on any atom is 0.120 e. The van der Waals surface area contributed by atoms with E-state index < -0.39 is 0 Å². The molecule has 0 N–H and O–H groups in total. The van der Waals surface area contributed by atoms with Gasteiger partial charge in [-0.2, -0.15) is 0 Å². The highest BCUT2D eigenvalue weighted by atomic mass is 35.5. The summed E-state index contributed by atoms with van der Waals surface area (Å²) in [5.41, 5.74) is 0. The van der Waals surface area contributed by atoms with Crippen LogP contribution < -0.4 is 0 Å². The van der Waals surface area contributed by atoms with E-state index in [0.29, 0.717) is 11.8 Å². The Balaban J connectivity index is 2.56. The van der Waals surface area contributed by atoms with Gasteiger partial charge in [0.15, 0.2) is 0 Å². The van der Waals surface area contributed by atoms with Crippen molar-refractivity contribution in [3.63, 3.8) is 0 Å². The highest BCUT2D eigenvalue weighted by Gasteiger charge is 2.10. The topological polar surface area (TPSA) is 25.8 Å². The molecule has 1 unspecified atom stereocenters. The van der Waals surface area contributed by atoms with Crippen molar-refractivity contribution in [2.24, 2.45) is 0 Å². The molecule has 1 aromatic heterocycles. The van der Waals surface area contributed by atoms with Crippen LogP contribution in [0, 0.1) is 0 Å². The predicted molar refractivity (Wildman–Crippen MR) is 57.7 cm³/mol. The fourth-order valence-corrected chi connectivity index (χ4v) is 2.42. The zero-order valence-electron chi connectivity index (χ0n) is 8.09. The van der Waals surface area contributed by atoms with E-state index in [-0.39, 0.29) is 0 Å². The third-order valence-electron chi connectivity index (χ3n) is 1.93. The summed E-state index contributed by atoms with van der Waals surface area (Å²) in [7, 11) is 0. The average molecular weight is 219 g/mol. The predicted octanol–water partition coefficient (Wildman–Crippen LogP) is 3.22. The van der Waals surface area contributed by atoms with Gasteiger partial charge in [-0.05, 0) is 6.42 Å². The normalized spacial score (nSPS) is 13.2. The van der Waals surface area contributed by atoms with Crippen molar-refractivity contribution in [1.29, 1.82) is 0 Å². The maximum atomic E-state index is 5.62.